The SMILES string of the molecule is c1cnc2ccc(NCc3ccn[nH]3)cc2c1. The van der Waals surface area contributed by atoms with Crippen molar-refractivity contribution in [2.45, 2.75) is 6.54 Å². The molecule has 0 atom stereocenters. The topological polar surface area (TPSA) is 53.6 Å². The number of nitrogens with one attached hydrogen (secondary N) is 2. The second-order valence-electron chi connectivity index (χ2n) is 3.85. The highest BCUT2D eigenvalue weighted by Gasteiger charge is 1.97. The molecule has 84 valence electrons. The fourth-order valence-corrected chi connectivity index (χ4v) is 1.77. The molecule has 0 amide bonds. The first-order chi connectivity index (χ1) is 8.42. The Kier molecular flexibility index (Phi) is 2.46. The number of hydrogen-bond acceptors (Lipinski definition) is 3. The van der Waals surface area contributed by atoms with Gasteiger partial charge in [0.2, 0.25) is 0 Å². The Morgan fingerprint density at radius 2 is 2.12 bits per heavy atom. The van der Waals surface area contributed by atoms with Crippen molar-refractivity contribution in [3.8, 4) is 0 Å². The first-order valence-electron chi connectivity index (χ1n) is 5.49. The van der Waals surface area contributed by atoms with Gasteiger partial charge < -0.3 is 5.32 Å². The van der Waals surface area contributed by atoms with E-state index in [9.17, 15) is 0 Å². The monoisotopic (exact) mass is 224 g/mol. The second-order valence-corrected chi connectivity index (χ2v) is 3.85. The van der Waals surface area contributed by atoms with Gasteiger partial charge in [0, 0.05) is 23.5 Å². The normalized spacial score (nSPS) is 10.6. The number of fused-ring (bicyclic) bond motifs is 1. The Labute approximate surface area is 98.7 Å². The van der Waals surface area contributed by atoms with E-state index in [2.05, 4.69) is 32.6 Å². The number of anilines is 1. The third kappa shape index (κ3) is 2.10. The van der Waals surface area contributed by atoms with Crippen LogP contribution in [0.1, 0.15) is 5.69 Å². The molecule has 2 N–H and O–H groups in total. The van der Waals surface area contributed by atoms with E-state index >= 15 is 0 Å². The zero-order valence-corrected chi connectivity index (χ0v) is 9.22. The predicted octanol–water partition coefficient (Wildman–Crippen LogP) is 2.57. The summed E-state index contributed by atoms with van der Waals surface area (Å²) in [4.78, 5) is 4.29. The Balaban J connectivity index is 1.81. The molecule has 3 aromatic rings. The largest absolute Gasteiger partial charge is 0.379 e. The first kappa shape index (κ1) is 9.84. The summed E-state index contributed by atoms with van der Waals surface area (Å²) in [5, 5.41) is 11.3. The number of aromatic nitrogens is 3. The fraction of sp³-hybridized carbons (Fsp3) is 0.0769. The molecule has 1 aromatic carbocycles. The van der Waals surface area contributed by atoms with Crippen molar-refractivity contribution in [1.29, 1.82) is 0 Å². The maximum atomic E-state index is 4.29. The summed E-state index contributed by atoms with van der Waals surface area (Å²) in [5.74, 6) is 0. The van der Waals surface area contributed by atoms with E-state index in [-0.39, 0.29) is 0 Å². The minimum atomic E-state index is 0.742. The molecule has 0 fully saturated rings. The fourth-order valence-electron chi connectivity index (χ4n) is 1.77. The van der Waals surface area contributed by atoms with Gasteiger partial charge in [-0.3, -0.25) is 10.1 Å². The predicted molar refractivity (Wildman–Crippen MR) is 67.7 cm³/mol. The van der Waals surface area contributed by atoms with Crippen molar-refractivity contribution in [2.75, 3.05) is 5.32 Å². The molecule has 0 aliphatic carbocycles. The van der Waals surface area contributed by atoms with Crippen LogP contribution in [-0.4, -0.2) is 15.2 Å². The van der Waals surface area contributed by atoms with Gasteiger partial charge in [-0.1, -0.05) is 6.07 Å². The average molecular weight is 224 g/mol. The molecule has 0 aliphatic heterocycles. The Hall–Kier alpha value is -2.36. The van der Waals surface area contributed by atoms with E-state index < -0.39 is 0 Å². The van der Waals surface area contributed by atoms with E-state index in [1.54, 1.807) is 12.4 Å². The highest BCUT2D eigenvalue weighted by atomic mass is 15.1. The van der Waals surface area contributed by atoms with Crippen molar-refractivity contribution >= 4 is 16.6 Å². The van der Waals surface area contributed by atoms with Crippen molar-refractivity contribution in [2.24, 2.45) is 0 Å². The van der Waals surface area contributed by atoms with Crippen LogP contribution in [0.25, 0.3) is 10.9 Å². The average Bonchev–Trinajstić information content (AvgIpc) is 2.89. The third-order valence-electron chi connectivity index (χ3n) is 2.64. The second kappa shape index (κ2) is 4.25. The van der Waals surface area contributed by atoms with E-state index in [1.165, 1.54) is 0 Å². The Morgan fingerprint density at radius 3 is 3.00 bits per heavy atom. The molecule has 0 saturated carbocycles. The molecule has 0 radical (unpaired) electrons. The molecule has 3 rings (SSSR count). The van der Waals surface area contributed by atoms with Gasteiger partial charge in [0.05, 0.1) is 17.8 Å². The minimum Gasteiger partial charge on any atom is -0.379 e. The van der Waals surface area contributed by atoms with Crippen LogP contribution in [0.5, 0.6) is 0 Å². The number of aromatic amines is 1. The number of nitrogens with zero attached hydrogens (tertiary/aromatic N) is 2. The Morgan fingerprint density at radius 1 is 1.12 bits per heavy atom. The lowest BCUT2D eigenvalue weighted by molar-refractivity contribution is 0.982. The summed E-state index contributed by atoms with van der Waals surface area (Å²) in [7, 11) is 0. The maximum Gasteiger partial charge on any atom is 0.0703 e. The van der Waals surface area contributed by atoms with Gasteiger partial charge in [-0.05, 0) is 30.3 Å². The van der Waals surface area contributed by atoms with Crippen molar-refractivity contribution < 1.29 is 0 Å². The highest BCUT2D eigenvalue weighted by molar-refractivity contribution is 5.82. The number of hydrogen-bond donors (Lipinski definition) is 2. The van der Waals surface area contributed by atoms with Crippen molar-refractivity contribution in [3.05, 3.63) is 54.5 Å². The quantitative estimate of drug-likeness (QED) is 0.719. The Bertz CT molecular complexity index is 616. The van der Waals surface area contributed by atoms with E-state index in [0.29, 0.717) is 0 Å². The molecular weight excluding hydrogens is 212 g/mol. The summed E-state index contributed by atoms with van der Waals surface area (Å²) in [6.07, 6.45) is 3.56. The summed E-state index contributed by atoms with van der Waals surface area (Å²) >= 11 is 0. The van der Waals surface area contributed by atoms with Gasteiger partial charge in [-0.2, -0.15) is 5.10 Å². The third-order valence-corrected chi connectivity index (χ3v) is 2.64. The lowest BCUT2D eigenvalue weighted by Gasteiger charge is -2.05. The van der Waals surface area contributed by atoms with Gasteiger partial charge in [-0.15, -0.1) is 0 Å². The molecule has 4 nitrogen and oxygen atoms in total. The first-order valence-corrected chi connectivity index (χ1v) is 5.49. The zero-order valence-electron chi connectivity index (χ0n) is 9.22. The molecule has 4 heteroatoms. The molecule has 0 unspecified atom stereocenters. The van der Waals surface area contributed by atoms with Gasteiger partial charge >= 0.3 is 0 Å². The smallest absolute Gasteiger partial charge is 0.0703 e. The van der Waals surface area contributed by atoms with Crippen LogP contribution in [0.15, 0.2) is 48.8 Å². The molecule has 0 saturated heterocycles. The number of rotatable bonds is 3. The van der Waals surface area contributed by atoms with Crippen LogP contribution >= 0.6 is 0 Å². The molecule has 0 bridgehead atoms. The van der Waals surface area contributed by atoms with Crippen LogP contribution in [0.4, 0.5) is 5.69 Å². The molecule has 0 aliphatic rings. The number of pyridine rings is 1. The van der Waals surface area contributed by atoms with E-state index in [0.717, 1.165) is 28.8 Å². The summed E-state index contributed by atoms with van der Waals surface area (Å²) in [6.45, 7) is 0.742. The zero-order chi connectivity index (χ0) is 11.5. The van der Waals surface area contributed by atoms with E-state index in [4.69, 9.17) is 0 Å². The lowest BCUT2D eigenvalue weighted by atomic mass is 10.2. The van der Waals surface area contributed by atoms with Crippen molar-refractivity contribution in [3.63, 3.8) is 0 Å². The van der Waals surface area contributed by atoms with Crippen LogP contribution in [0.2, 0.25) is 0 Å². The molecule has 2 aromatic heterocycles. The minimum absolute atomic E-state index is 0.742. The summed E-state index contributed by atoms with van der Waals surface area (Å²) in [6, 6.07) is 12.1. The molecule has 0 spiro atoms. The van der Waals surface area contributed by atoms with Crippen LogP contribution in [-0.2, 0) is 6.54 Å². The van der Waals surface area contributed by atoms with Crippen LogP contribution in [0, 0.1) is 0 Å². The molecule has 2 heterocycles. The van der Waals surface area contributed by atoms with Crippen LogP contribution in [0.3, 0.4) is 0 Å². The highest BCUT2D eigenvalue weighted by Crippen LogP contribution is 2.17. The molecular formula is C13H12N4. The number of H-pyrrole nitrogens is 1. The van der Waals surface area contributed by atoms with Crippen molar-refractivity contribution in [1.82, 2.24) is 15.2 Å². The van der Waals surface area contributed by atoms with Gasteiger partial charge in [-0.25, -0.2) is 0 Å². The van der Waals surface area contributed by atoms with Crippen LogP contribution < -0.4 is 5.32 Å². The van der Waals surface area contributed by atoms with E-state index in [1.807, 2.05) is 24.3 Å². The number of benzene rings is 1. The lowest BCUT2D eigenvalue weighted by Crippen LogP contribution is -1.99. The van der Waals surface area contributed by atoms with Gasteiger partial charge in [0.25, 0.3) is 0 Å². The standard InChI is InChI=1S/C13H12N4/c1-2-10-8-11(3-4-13(10)14-6-1)15-9-12-5-7-16-17-12/h1-8,15H,9H2,(H,16,17). The molecule has 17 heavy (non-hydrogen) atoms. The summed E-state index contributed by atoms with van der Waals surface area (Å²) < 4.78 is 0. The summed E-state index contributed by atoms with van der Waals surface area (Å²) in [5.41, 5.74) is 3.16. The maximum absolute atomic E-state index is 4.29. The van der Waals surface area contributed by atoms with Gasteiger partial charge in [0.1, 0.15) is 0 Å². The van der Waals surface area contributed by atoms with Gasteiger partial charge in [0.15, 0.2) is 0 Å².